The van der Waals surface area contributed by atoms with Gasteiger partial charge in [0.2, 0.25) is 5.95 Å². The van der Waals surface area contributed by atoms with E-state index in [-0.39, 0.29) is 5.92 Å². The minimum Gasteiger partial charge on any atom is -0.341 e. The van der Waals surface area contributed by atoms with E-state index in [2.05, 4.69) is 15.0 Å². The fourth-order valence-corrected chi connectivity index (χ4v) is 2.76. The third-order valence-corrected chi connectivity index (χ3v) is 4.08. The number of hydrogen-bond donors (Lipinski definition) is 0. The zero-order valence-electron chi connectivity index (χ0n) is 12.8. The molecule has 0 amide bonds. The summed E-state index contributed by atoms with van der Waals surface area (Å²) >= 11 is 0. The second-order valence-electron chi connectivity index (χ2n) is 5.74. The Kier molecular flexibility index (Phi) is 4.77. The van der Waals surface area contributed by atoms with E-state index in [1.807, 2.05) is 4.90 Å². The lowest BCUT2D eigenvalue weighted by Gasteiger charge is -2.32. The maximum absolute atomic E-state index is 12.8. The highest BCUT2D eigenvalue weighted by Crippen LogP contribution is 2.21. The molecule has 0 radical (unpaired) electrons. The molecule has 1 saturated heterocycles. The lowest BCUT2D eigenvalue weighted by atomic mass is 9.97. The molecule has 3 heterocycles. The van der Waals surface area contributed by atoms with Crippen molar-refractivity contribution >= 4 is 5.95 Å². The van der Waals surface area contributed by atoms with Crippen molar-refractivity contribution in [2.75, 3.05) is 18.0 Å². The molecule has 1 aliphatic rings. The quantitative estimate of drug-likeness (QED) is 0.853. The van der Waals surface area contributed by atoms with Crippen molar-refractivity contribution in [2.24, 2.45) is 5.92 Å². The van der Waals surface area contributed by atoms with Crippen LogP contribution < -0.4 is 10.5 Å². The third-order valence-electron chi connectivity index (χ3n) is 4.08. The van der Waals surface area contributed by atoms with Crippen molar-refractivity contribution < 1.29 is 13.2 Å². The number of rotatable bonds is 4. The highest BCUT2D eigenvalue weighted by Gasteiger charge is 2.22. The summed E-state index contributed by atoms with van der Waals surface area (Å²) in [5.74, 6) is 0.237. The summed E-state index contributed by atoms with van der Waals surface area (Å²) in [5, 5.41) is 0. The summed E-state index contributed by atoms with van der Waals surface area (Å²) < 4.78 is 39.2. The zero-order chi connectivity index (χ0) is 17.1. The predicted molar refractivity (Wildman–Crippen MR) is 80.4 cm³/mol. The number of aromatic nitrogens is 4. The van der Waals surface area contributed by atoms with Gasteiger partial charge in [-0.2, -0.15) is 0 Å². The van der Waals surface area contributed by atoms with Gasteiger partial charge in [-0.25, -0.2) is 28.1 Å². The average Bonchev–Trinajstić information content (AvgIpc) is 2.58. The Labute approximate surface area is 136 Å². The zero-order valence-corrected chi connectivity index (χ0v) is 12.8. The molecule has 6 nitrogen and oxygen atoms in total. The average molecular weight is 339 g/mol. The number of alkyl halides is 2. The molecule has 0 aliphatic carbocycles. The van der Waals surface area contributed by atoms with Crippen LogP contribution in [0.3, 0.4) is 0 Å². The molecule has 1 fully saturated rings. The van der Waals surface area contributed by atoms with Crippen molar-refractivity contribution in [3.8, 4) is 0 Å². The number of hydrogen-bond acceptors (Lipinski definition) is 5. The summed E-state index contributed by atoms with van der Waals surface area (Å²) in [6.07, 6.45) is 2.28. The van der Waals surface area contributed by atoms with Crippen molar-refractivity contribution in [3.63, 3.8) is 0 Å². The first-order valence-electron chi connectivity index (χ1n) is 7.60. The minimum atomic E-state index is -2.74. The van der Waals surface area contributed by atoms with Gasteiger partial charge in [-0.15, -0.1) is 0 Å². The molecule has 0 unspecified atom stereocenters. The first-order chi connectivity index (χ1) is 11.5. The van der Waals surface area contributed by atoms with Gasteiger partial charge in [0.05, 0.1) is 18.7 Å². The molecular formula is C15H16F3N5O. The van der Waals surface area contributed by atoms with Crippen LogP contribution in [0.2, 0.25) is 0 Å². The number of piperidine rings is 1. The molecule has 0 spiro atoms. The van der Waals surface area contributed by atoms with Crippen LogP contribution in [0.1, 0.15) is 25.0 Å². The normalized spacial score (nSPS) is 15.9. The van der Waals surface area contributed by atoms with E-state index in [4.69, 9.17) is 0 Å². The van der Waals surface area contributed by atoms with E-state index in [0.717, 1.165) is 31.3 Å². The van der Waals surface area contributed by atoms with Gasteiger partial charge in [0, 0.05) is 25.7 Å². The Balaban J connectivity index is 1.59. The van der Waals surface area contributed by atoms with Crippen molar-refractivity contribution in [2.45, 2.75) is 25.8 Å². The highest BCUT2D eigenvalue weighted by molar-refractivity contribution is 5.29. The Morgan fingerprint density at radius 1 is 1.17 bits per heavy atom. The Hall–Kier alpha value is -2.45. The molecule has 0 aromatic carbocycles. The van der Waals surface area contributed by atoms with Crippen LogP contribution in [0, 0.1) is 11.7 Å². The van der Waals surface area contributed by atoms with Gasteiger partial charge in [-0.1, -0.05) is 0 Å². The predicted octanol–water partition coefficient (Wildman–Crippen LogP) is 2.03. The smallest absolute Gasteiger partial charge is 0.280 e. The van der Waals surface area contributed by atoms with Gasteiger partial charge >= 0.3 is 0 Å². The topological polar surface area (TPSA) is 63.9 Å². The second-order valence-corrected chi connectivity index (χ2v) is 5.74. The lowest BCUT2D eigenvalue weighted by molar-refractivity contribution is 0.145. The first-order valence-corrected chi connectivity index (χ1v) is 7.60. The Morgan fingerprint density at radius 2 is 1.83 bits per heavy atom. The lowest BCUT2D eigenvalue weighted by Crippen LogP contribution is -2.37. The fraction of sp³-hybridized carbons (Fsp3) is 0.467. The minimum absolute atomic E-state index is 0.235. The van der Waals surface area contributed by atoms with Crippen molar-refractivity contribution in [1.82, 2.24) is 19.5 Å². The molecular weight excluding hydrogens is 323 g/mol. The van der Waals surface area contributed by atoms with Gasteiger partial charge < -0.3 is 4.90 Å². The Morgan fingerprint density at radius 3 is 2.42 bits per heavy atom. The van der Waals surface area contributed by atoms with Crippen LogP contribution in [0.15, 0.2) is 29.6 Å². The molecule has 0 bridgehead atoms. The SMILES string of the molecule is O=c1cc(C(F)F)ncn1CC1CCN(c2ncc(F)cn2)CC1. The molecule has 128 valence electrons. The van der Waals surface area contributed by atoms with Crippen LogP contribution in [0.4, 0.5) is 19.1 Å². The van der Waals surface area contributed by atoms with Crippen LogP contribution >= 0.6 is 0 Å². The van der Waals surface area contributed by atoms with Gasteiger partial charge in [0.1, 0.15) is 5.69 Å². The fourth-order valence-electron chi connectivity index (χ4n) is 2.76. The summed E-state index contributed by atoms with van der Waals surface area (Å²) in [6.45, 7) is 1.81. The van der Waals surface area contributed by atoms with E-state index in [9.17, 15) is 18.0 Å². The maximum atomic E-state index is 12.8. The second kappa shape index (κ2) is 6.98. The van der Waals surface area contributed by atoms with E-state index in [1.54, 1.807) is 0 Å². The summed E-state index contributed by atoms with van der Waals surface area (Å²) in [6, 6.07) is 0.881. The van der Waals surface area contributed by atoms with Gasteiger partial charge in [-0.05, 0) is 18.8 Å². The van der Waals surface area contributed by atoms with Crippen molar-refractivity contribution in [3.05, 3.63) is 46.7 Å². The van der Waals surface area contributed by atoms with Crippen molar-refractivity contribution in [1.29, 1.82) is 0 Å². The Bertz CT molecular complexity index is 742. The van der Waals surface area contributed by atoms with Crippen LogP contribution in [0.5, 0.6) is 0 Å². The molecule has 3 rings (SSSR count). The number of nitrogens with zero attached hydrogens (tertiary/aromatic N) is 5. The third kappa shape index (κ3) is 3.72. The van der Waals surface area contributed by atoms with E-state index < -0.39 is 23.5 Å². The first kappa shape index (κ1) is 16.4. The number of anilines is 1. The van der Waals surface area contributed by atoms with Crippen LogP contribution in [-0.4, -0.2) is 32.6 Å². The highest BCUT2D eigenvalue weighted by atomic mass is 19.3. The maximum Gasteiger partial charge on any atom is 0.280 e. The molecule has 0 N–H and O–H groups in total. The standard InChI is InChI=1S/C15H16F3N5O/c16-11-6-19-15(20-7-11)22-3-1-10(2-4-22)8-23-9-21-12(14(17)18)5-13(23)24/h5-7,9-10,14H,1-4,8H2. The monoisotopic (exact) mass is 339 g/mol. The van der Waals surface area contributed by atoms with Crippen LogP contribution in [-0.2, 0) is 6.54 Å². The largest absolute Gasteiger partial charge is 0.341 e. The molecule has 0 saturated carbocycles. The molecule has 9 heteroatoms. The molecule has 2 aromatic heterocycles. The molecule has 24 heavy (non-hydrogen) atoms. The van der Waals surface area contributed by atoms with E-state index in [0.29, 0.717) is 25.6 Å². The summed E-state index contributed by atoms with van der Waals surface area (Å²) in [7, 11) is 0. The van der Waals surface area contributed by atoms with E-state index >= 15 is 0 Å². The molecule has 0 atom stereocenters. The number of halogens is 3. The van der Waals surface area contributed by atoms with Gasteiger partial charge in [0.15, 0.2) is 5.82 Å². The van der Waals surface area contributed by atoms with E-state index in [1.165, 1.54) is 10.9 Å². The molecule has 1 aliphatic heterocycles. The summed E-state index contributed by atoms with van der Waals surface area (Å²) in [5.41, 5.74) is -0.968. The van der Waals surface area contributed by atoms with Gasteiger partial charge in [-0.3, -0.25) is 9.36 Å². The molecule has 2 aromatic rings. The summed E-state index contributed by atoms with van der Waals surface area (Å²) in [4.78, 5) is 25.3. The van der Waals surface area contributed by atoms with Gasteiger partial charge in [0.25, 0.3) is 12.0 Å². The van der Waals surface area contributed by atoms with Crippen LogP contribution in [0.25, 0.3) is 0 Å².